The summed E-state index contributed by atoms with van der Waals surface area (Å²) < 4.78 is 5.96. The zero-order valence-electron chi connectivity index (χ0n) is 15.1. The standard InChI is InChI=1S/C22H28O2/c1-5-22(24-4)13-10-19-20(2)11-8-15-14-16(23)6-7-17(15)18(20)9-12-21(19,22)3/h1,6-7,14,18-19,23H,8-13H2,2-4H3/t18-,19+,20-,21+,22+/m1/s1. The Morgan fingerprint density at radius 3 is 2.71 bits per heavy atom. The van der Waals surface area contributed by atoms with Gasteiger partial charge in [-0.2, -0.15) is 0 Å². The second kappa shape index (κ2) is 5.02. The van der Waals surface area contributed by atoms with Gasteiger partial charge in [-0.3, -0.25) is 0 Å². The molecule has 3 aliphatic carbocycles. The molecule has 0 spiro atoms. The van der Waals surface area contributed by atoms with Crippen molar-refractivity contribution in [2.75, 3.05) is 7.11 Å². The van der Waals surface area contributed by atoms with Crippen LogP contribution in [-0.2, 0) is 11.2 Å². The molecule has 0 heterocycles. The highest BCUT2D eigenvalue weighted by molar-refractivity contribution is 5.42. The minimum atomic E-state index is -0.402. The molecule has 0 amide bonds. The van der Waals surface area contributed by atoms with E-state index in [1.54, 1.807) is 7.11 Å². The SMILES string of the molecule is C#C[C@]1(OC)CC[C@H]2[C@]3(C)CCc4cc(O)ccc4[C@H]3CC[C@@]21C. The van der Waals surface area contributed by atoms with Crippen LogP contribution in [0.3, 0.4) is 0 Å². The Labute approximate surface area is 145 Å². The molecule has 0 unspecified atom stereocenters. The Morgan fingerprint density at radius 1 is 1.21 bits per heavy atom. The van der Waals surface area contributed by atoms with Crippen LogP contribution in [0.15, 0.2) is 18.2 Å². The van der Waals surface area contributed by atoms with Crippen LogP contribution in [0.1, 0.15) is 63.0 Å². The third-order valence-electron chi connectivity index (χ3n) is 8.04. The van der Waals surface area contributed by atoms with E-state index in [9.17, 15) is 5.11 Å². The Kier molecular flexibility index (Phi) is 3.35. The summed E-state index contributed by atoms with van der Waals surface area (Å²) in [6.45, 7) is 4.86. The highest BCUT2D eigenvalue weighted by Crippen LogP contribution is 2.69. The van der Waals surface area contributed by atoms with Gasteiger partial charge < -0.3 is 9.84 Å². The predicted octanol–water partition coefficient (Wildman–Crippen LogP) is 4.66. The van der Waals surface area contributed by atoms with Gasteiger partial charge in [0.2, 0.25) is 0 Å². The number of aryl methyl sites for hydroxylation is 1. The van der Waals surface area contributed by atoms with Gasteiger partial charge >= 0.3 is 0 Å². The molecular formula is C22H28O2. The maximum atomic E-state index is 9.83. The predicted molar refractivity (Wildman–Crippen MR) is 95.9 cm³/mol. The van der Waals surface area contributed by atoms with E-state index in [2.05, 4.69) is 25.8 Å². The van der Waals surface area contributed by atoms with Crippen molar-refractivity contribution in [2.24, 2.45) is 16.7 Å². The van der Waals surface area contributed by atoms with Crippen LogP contribution in [-0.4, -0.2) is 17.8 Å². The number of fused-ring (bicyclic) bond motifs is 5. The first-order valence-corrected chi connectivity index (χ1v) is 9.25. The van der Waals surface area contributed by atoms with Crippen molar-refractivity contribution >= 4 is 0 Å². The lowest BCUT2D eigenvalue weighted by molar-refractivity contribution is -0.113. The van der Waals surface area contributed by atoms with Crippen molar-refractivity contribution in [3.63, 3.8) is 0 Å². The zero-order chi connectivity index (χ0) is 17.2. The van der Waals surface area contributed by atoms with E-state index in [1.807, 2.05) is 12.1 Å². The molecular weight excluding hydrogens is 296 g/mol. The van der Waals surface area contributed by atoms with Crippen LogP contribution >= 0.6 is 0 Å². The van der Waals surface area contributed by atoms with Crippen molar-refractivity contribution in [1.82, 2.24) is 0 Å². The number of hydrogen-bond donors (Lipinski definition) is 1. The van der Waals surface area contributed by atoms with Gasteiger partial charge in [-0.15, -0.1) is 6.42 Å². The number of methoxy groups -OCH3 is 1. The first-order chi connectivity index (χ1) is 11.4. The van der Waals surface area contributed by atoms with Gasteiger partial charge in [-0.25, -0.2) is 0 Å². The smallest absolute Gasteiger partial charge is 0.133 e. The monoisotopic (exact) mass is 324 g/mol. The lowest BCUT2D eigenvalue weighted by Gasteiger charge is -2.58. The molecule has 2 heteroatoms. The van der Waals surface area contributed by atoms with Crippen LogP contribution in [0.25, 0.3) is 0 Å². The molecule has 128 valence electrons. The highest BCUT2D eigenvalue weighted by Gasteiger charge is 2.65. The average Bonchev–Trinajstić information content (AvgIpc) is 2.88. The molecule has 2 saturated carbocycles. The summed E-state index contributed by atoms with van der Waals surface area (Å²) in [6.07, 6.45) is 12.6. The molecule has 1 aromatic carbocycles. The molecule has 1 N–H and O–H groups in total. The lowest BCUT2D eigenvalue weighted by Crippen LogP contribution is -2.54. The molecule has 2 fully saturated rings. The van der Waals surface area contributed by atoms with Crippen molar-refractivity contribution in [3.8, 4) is 18.1 Å². The summed E-state index contributed by atoms with van der Waals surface area (Å²) in [7, 11) is 1.79. The maximum Gasteiger partial charge on any atom is 0.133 e. The minimum Gasteiger partial charge on any atom is -0.508 e. The third kappa shape index (κ3) is 1.77. The number of aromatic hydroxyl groups is 1. The Bertz CT molecular complexity index is 717. The molecule has 0 saturated heterocycles. The summed E-state index contributed by atoms with van der Waals surface area (Å²) in [5.41, 5.74) is 2.73. The fraction of sp³-hybridized carbons (Fsp3) is 0.636. The second-order valence-corrected chi connectivity index (χ2v) is 8.66. The molecule has 1 aromatic rings. The van der Waals surface area contributed by atoms with E-state index >= 15 is 0 Å². The van der Waals surface area contributed by atoms with Crippen molar-refractivity contribution in [2.45, 2.75) is 63.9 Å². The number of phenolic OH excluding ortho intramolecular Hbond substituents is 1. The number of terminal acetylenes is 1. The van der Waals surface area contributed by atoms with E-state index in [0.29, 0.717) is 17.6 Å². The molecule has 3 aliphatic rings. The van der Waals surface area contributed by atoms with E-state index in [-0.39, 0.29) is 10.8 Å². The molecule has 2 nitrogen and oxygen atoms in total. The van der Waals surface area contributed by atoms with Gasteiger partial charge in [0, 0.05) is 12.5 Å². The van der Waals surface area contributed by atoms with E-state index in [1.165, 1.54) is 17.5 Å². The zero-order valence-corrected chi connectivity index (χ0v) is 15.1. The van der Waals surface area contributed by atoms with Gasteiger partial charge in [0.25, 0.3) is 0 Å². The van der Waals surface area contributed by atoms with E-state index in [4.69, 9.17) is 11.2 Å². The molecule has 0 aliphatic heterocycles. The molecule has 0 bridgehead atoms. The van der Waals surface area contributed by atoms with Crippen LogP contribution in [0.5, 0.6) is 5.75 Å². The van der Waals surface area contributed by atoms with Crippen molar-refractivity contribution in [3.05, 3.63) is 29.3 Å². The van der Waals surface area contributed by atoms with Gasteiger partial charge in [-0.05, 0) is 79.0 Å². The summed E-state index contributed by atoms with van der Waals surface area (Å²) in [5, 5.41) is 9.83. The number of benzene rings is 1. The molecule has 0 radical (unpaired) electrons. The first-order valence-electron chi connectivity index (χ1n) is 9.25. The highest BCUT2D eigenvalue weighted by atomic mass is 16.5. The number of hydrogen-bond acceptors (Lipinski definition) is 2. The van der Waals surface area contributed by atoms with Gasteiger partial charge in [-0.1, -0.05) is 25.8 Å². The normalized spacial score (nSPS) is 43.4. The Balaban J connectivity index is 1.78. The lowest BCUT2D eigenvalue weighted by atomic mass is 9.46. The Morgan fingerprint density at radius 2 is 2.00 bits per heavy atom. The molecule has 24 heavy (non-hydrogen) atoms. The number of rotatable bonds is 1. The van der Waals surface area contributed by atoms with Gasteiger partial charge in [0.1, 0.15) is 11.4 Å². The summed E-state index contributed by atoms with van der Waals surface area (Å²) in [5.74, 6) is 4.62. The van der Waals surface area contributed by atoms with Crippen LogP contribution in [0, 0.1) is 29.1 Å². The van der Waals surface area contributed by atoms with E-state index in [0.717, 1.165) is 32.1 Å². The van der Waals surface area contributed by atoms with Crippen LogP contribution in [0.2, 0.25) is 0 Å². The second-order valence-electron chi connectivity index (χ2n) is 8.66. The summed E-state index contributed by atoms with van der Waals surface area (Å²) in [4.78, 5) is 0. The topological polar surface area (TPSA) is 29.5 Å². The fourth-order valence-electron chi connectivity index (χ4n) is 6.73. The largest absolute Gasteiger partial charge is 0.508 e. The Hall–Kier alpha value is -1.46. The van der Waals surface area contributed by atoms with E-state index < -0.39 is 5.60 Å². The van der Waals surface area contributed by atoms with Crippen molar-refractivity contribution in [1.29, 1.82) is 0 Å². The maximum absolute atomic E-state index is 9.83. The van der Waals surface area contributed by atoms with Crippen LogP contribution < -0.4 is 0 Å². The summed E-state index contributed by atoms with van der Waals surface area (Å²) in [6, 6.07) is 5.99. The quantitative estimate of drug-likeness (QED) is 0.762. The molecule has 0 aromatic heterocycles. The van der Waals surface area contributed by atoms with Crippen LogP contribution in [0.4, 0.5) is 0 Å². The first kappa shape index (κ1) is 16.0. The third-order valence-corrected chi connectivity index (χ3v) is 8.04. The fourth-order valence-corrected chi connectivity index (χ4v) is 6.73. The molecule has 5 atom stereocenters. The summed E-state index contributed by atoms with van der Waals surface area (Å²) >= 11 is 0. The minimum absolute atomic E-state index is 0.0656. The van der Waals surface area contributed by atoms with Gasteiger partial charge in [0.05, 0.1) is 0 Å². The average molecular weight is 324 g/mol. The molecule has 4 rings (SSSR count). The number of phenols is 1. The number of ether oxygens (including phenoxy) is 1. The van der Waals surface area contributed by atoms with Gasteiger partial charge in [0.15, 0.2) is 0 Å². The van der Waals surface area contributed by atoms with Crippen molar-refractivity contribution < 1.29 is 9.84 Å².